The fraction of sp³-hybridized carbons (Fsp3) is 0.571. The molecule has 1 heterocycles. The van der Waals surface area contributed by atoms with E-state index >= 15 is 0 Å². The highest BCUT2D eigenvalue weighted by Crippen LogP contribution is 2.29. The summed E-state index contributed by atoms with van der Waals surface area (Å²) >= 11 is 3.45. The Morgan fingerprint density at radius 1 is 1.41 bits per heavy atom. The van der Waals surface area contributed by atoms with Crippen LogP contribution in [-0.4, -0.2) is 18.2 Å². The lowest BCUT2D eigenvalue weighted by molar-refractivity contribution is -0.0708. The largest absolute Gasteiger partial charge is 0.382 e. The molecular formula is C14H20BrNO. The summed E-state index contributed by atoms with van der Waals surface area (Å²) in [5.41, 5.74) is 1.24. The molecule has 2 atom stereocenters. The van der Waals surface area contributed by atoms with Crippen molar-refractivity contribution >= 4 is 21.6 Å². The smallest absolute Gasteiger partial charge is 0.0671 e. The van der Waals surface area contributed by atoms with Crippen LogP contribution >= 0.6 is 15.9 Å². The molecule has 1 N–H and O–H groups in total. The number of hydrogen-bond acceptors (Lipinski definition) is 2. The average molecular weight is 298 g/mol. The minimum atomic E-state index is 0.0469. The Labute approximate surface area is 112 Å². The van der Waals surface area contributed by atoms with Gasteiger partial charge in [-0.3, -0.25) is 0 Å². The van der Waals surface area contributed by atoms with Gasteiger partial charge < -0.3 is 10.1 Å². The molecule has 17 heavy (non-hydrogen) atoms. The van der Waals surface area contributed by atoms with E-state index in [2.05, 4.69) is 59.4 Å². The van der Waals surface area contributed by atoms with Gasteiger partial charge in [0.1, 0.15) is 0 Å². The summed E-state index contributed by atoms with van der Waals surface area (Å²) in [6.45, 7) is 5.27. The Morgan fingerprint density at radius 2 is 2.12 bits per heavy atom. The van der Waals surface area contributed by atoms with Gasteiger partial charge >= 0.3 is 0 Å². The SMILES string of the molecule is CCC1(C)CC(Nc2ccc(Br)cc2)CCO1. The standard InChI is InChI=1S/C14H20BrNO/c1-3-14(2)10-13(8-9-17-14)16-12-6-4-11(15)5-7-12/h4-7,13,16H,3,8-10H2,1-2H3. The summed E-state index contributed by atoms with van der Waals surface area (Å²) in [5, 5.41) is 3.60. The maximum Gasteiger partial charge on any atom is 0.0671 e. The normalized spacial score (nSPS) is 29.0. The molecule has 0 radical (unpaired) electrons. The molecule has 1 aromatic rings. The van der Waals surface area contributed by atoms with Crippen molar-refractivity contribution in [3.05, 3.63) is 28.7 Å². The molecule has 1 aliphatic heterocycles. The first-order chi connectivity index (χ1) is 8.11. The first-order valence-electron chi connectivity index (χ1n) is 6.27. The monoisotopic (exact) mass is 297 g/mol. The van der Waals surface area contributed by atoms with Gasteiger partial charge in [0.25, 0.3) is 0 Å². The third-order valence-electron chi connectivity index (χ3n) is 3.56. The highest BCUT2D eigenvalue weighted by Gasteiger charge is 2.31. The quantitative estimate of drug-likeness (QED) is 0.902. The summed E-state index contributed by atoms with van der Waals surface area (Å²) in [6, 6.07) is 8.89. The van der Waals surface area contributed by atoms with Crippen LogP contribution < -0.4 is 5.32 Å². The molecule has 1 saturated heterocycles. The van der Waals surface area contributed by atoms with Gasteiger partial charge in [-0.1, -0.05) is 22.9 Å². The Balaban J connectivity index is 1.97. The van der Waals surface area contributed by atoms with Gasteiger partial charge in [-0.25, -0.2) is 0 Å². The highest BCUT2D eigenvalue weighted by atomic mass is 79.9. The van der Waals surface area contributed by atoms with Crippen LogP contribution in [0.2, 0.25) is 0 Å². The van der Waals surface area contributed by atoms with Crippen molar-refractivity contribution in [2.75, 3.05) is 11.9 Å². The van der Waals surface area contributed by atoms with E-state index in [1.807, 2.05) is 0 Å². The summed E-state index contributed by atoms with van der Waals surface area (Å²) in [4.78, 5) is 0. The van der Waals surface area contributed by atoms with E-state index in [1.165, 1.54) is 5.69 Å². The van der Waals surface area contributed by atoms with E-state index in [4.69, 9.17) is 4.74 Å². The van der Waals surface area contributed by atoms with Crippen molar-refractivity contribution in [1.82, 2.24) is 0 Å². The lowest BCUT2D eigenvalue weighted by Gasteiger charge is -2.38. The van der Waals surface area contributed by atoms with Crippen molar-refractivity contribution in [3.63, 3.8) is 0 Å². The molecule has 0 spiro atoms. The summed E-state index contributed by atoms with van der Waals surface area (Å²) in [7, 11) is 0. The van der Waals surface area contributed by atoms with Gasteiger partial charge in [-0.15, -0.1) is 0 Å². The van der Waals surface area contributed by atoms with Crippen LogP contribution in [0.5, 0.6) is 0 Å². The van der Waals surface area contributed by atoms with Crippen molar-refractivity contribution in [2.24, 2.45) is 0 Å². The van der Waals surface area contributed by atoms with E-state index in [0.29, 0.717) is 6.04 Å². The third kappa shape index (κ3) is 3.46. The van der Waals surface area contributed by atoms with Gasteiger partial charge in [0, 0.05) is 22.8 Å². The van der Waals surface area contributed by atoms with Gasteiger partial charge in [-0.2, -0.15) is 0 Å². The second-order valence-corrected chi connectivity index (χ2v) is 5.91. The molecule has 0 aliphatic carbocycles. The summed E-state index contributed by atoms with van der Waals surface area (Å²) in [5.74, 6) is 0. The predicted octanol–water partition coefficient (Wildman–Crippen LogP) is 4.21. The lowest BCUT2D eigenvalue weighted by Crippen LogP contribution is -2.41. The molecule has 0 amide bonds. The average Bonchev–Trinajstić information content (AvgIpc) is 2.32. The predicted molar refractivity (Wildman–Crippen MR) is 75.4 cm³/mol. The van der Waals surface area contributed by atoms with E-state index in [0.717, 1.165) is 30.3 Å². The van der Waals surface area contributed by atoms with Crippen LogP contribution in [0.25, 0.3) is 0 Å². The van der Waals surface area contributed by atoms with Crippen LogP contribution in [0.1, 0.15) is 33.1 Å². The molecule has 94 valence electrons. The van der Waals surface area contributed by atoms with Crippen LogP contribution in [0, 0.1) is 0 Å². The van der Waals surface area contributed by atoms with Crippen LogP contribution in [0.15, 0.2) is 28.7 Å². The van der Waals surface area contributed by atoms with E-state index in [-0.39, 0.29) is 5.60 Å². The molecule has 3 heteroatoms. The second-order valence-electron chi connectivity index (χ2n) is 4.99. The first-order valence-corrected chi connectivity index (χ1v) is 7.07. The fourth-order valence-corrected chi connectivity index (χ4v) is 2.55. The molecule has 1 aromatic carbocycles. The number of rotatable bonds is 3. The first kappa shape index (κ1) is 12.9. The van der Waals surface area contributed by atoms with Crippen LogP contribution in [-0.2, 0) is 4.74 Å². The third-order valence-corrected chi connectivity index (χ3v) is 4.09. The zero-order valence-corrected chi connectivity index (χ0v) is 12.1. The van der Waals surface area contributed by atoms with Crippen molar-refractivity contribution in [3.8, 4) is 0 Å². The van der Waals surface area contributed by atoms with E-state index < -0.39 is 0 Å². The molecule has 2 rings (SSSR count). The maximum absolute atomic E-state index is 5.85. The Bertz CT molecular complexity index is 365. The summed E-state index contributed by atoms with van der Waals surface area (Å²) < 4.78 is 6.97. The molecule has 1 fully saturated rings. The molecule has 1 aliphatic rings. The van der Waals surface area contributed by atoms with E-state index in [9.17, 15) is 0 Å². The number of nitrogens with one attached hydrogen (secondary N) is 1. The van der Waals surface area contributed by atoms with Crippen LogP contribution in [0.3, 0.4) is 0 Å². The van der Waals surface area contributed by atoms with E-state index in [1.54, 1.807) is 0 Å². The molecule has 0 bridgehead atoms. The summed E-state index contributed by atoms with van der Waals surface area (Å²) in [6.07, 6.45) is 3.25. The van der Waals surface area contributed by atoms with Crippen molar-refractivity contribution in [1.29, 1.82) is 0 Å². The van der Waals surface area contributed by atoms with Gasteiger partial charge in [-0.05, 0) is 50.5 Å². The number of ether oxygens (including phenoxy) is 1. The molecule has 0 saturated carbocycles. The number of halogens is 1. The minimum absolute atomic E-state index is 0.0469. The van der Waals surface area contributed by atoms with Crippen molar-refractivity contribution in [2.45, 2.75) is 44.8 Å². The Morgan fingerprint density at radius 3 is 2.76 bits per heavy atom. The second kappa shape index (κ2) is 5.40. The van der Waals surface area contributed by atoms with Crippen LogP contribution in [0.4, 0.5) is 5.69 Å². The zero-order chi connectivity index (χ0) is 12.3. The Hall–Kier alpha value is -0.540. The maximum atomic E-state index is 5.85. The minimum Gasteiger partial charge on any atom is -0.382 e. The number of benzene rings is 1. The van der Waals surface area contributed by atoms with Gasteiger partial charge in [0.05, 0.1) is 5.60 Å². The Kier molecular flexibility index (Phi) is 4.10. The fourth-order valence-electron chi connectivity index (χ4n) is 2.28. The zero-order valence-electron chi connectivity index (χ0n) is 10.5. The molecular weight excluding hydrogens is 278 g/mol. The van der Waals surface area contributed by atoms with Gasteiger partial charge in [0.2, 0.25) is 0 Å². The highest BCUT2D eigenvalue weighted by molar-refractivity contribution is 9.10. The molecule has 2 nitrogen and oxygen atoms in total. The number of hydrogen-bond donors (Lipinski definition) is 1. The van der Waals surface area contributed by atoms with Crippen molar-refractivity contribution < 1.29 is 4.74 Å². The lowest BCUT2D eigenvalue weighted by atomic mass is 9.90. The number of anilines is 1. The van der Waals surface area contributed by atoms with Gasteiger partial charge in [0.15, 0.2) is 0 Å². The molecule has 2 unspecified atom stereocenters. The molecule has 0 aromatic heterocycles. The topological polar surface area (TPSA) is 21.3 Å².